The number of benzene rings is 1. The molecule has 0 spiro atoms. The minimum atomic E-state index is -4.64. The molecule has 0 aliphatic heterocycles. The van der Waals surface area contributed by atoms with E-state index in [2.05, 4.69) is 5.32 Å². The summed E-state index contributed by atoms with van der Waals surface area (Å²) in [6.07, 6.45) is -3.76. The van der Waals surface area contributed by atoms with Gasteiger partial charge >= 0.3 is 6.18 Å². The van der Waals surface area contributed by atoms with Crippen LogP contribution in [-0.4, -0.2) is 19.1 Å². The lowest BCUT2D eigenvalue weighted by Gasteiger charge is -2.11. The molecule has 0 fully saturated rings. The Kier molecular flexibility index (Phi) is 6.18. The van der Waals surface area contributed by atoms with E-state index in [4.69, 9.17) is 10.00 Å². The third-order valence-corrected chi connectivity index (χ3v) is 2.55. The summed E-state index contributed by atoms with van der Waals surface area (Å²) in [5.74, 6) is -0.441. The zero-order valence-corrected chi connectivity index (χ0v) is 11.5. The molecule has 0 bridgehead atoms. The molecule has 0 aromatic heterocycles. The molecular weight excluding hydrogens is 285 g/mol. The predicted octanol–water partition coefficient (Wildman–Crippen LogP) is 3.33. The molecule has 0 heterocycles. The third-order valence-electron chi connectivity index (χ3n) is 2.55. The van der Waals surface area contributed by atoms with Crippen LogP contribution in [0, 0.1) is 11.3 Å². The van der Waals surface area contributed by atoms with E-state index in [1.165, 1.54) is 12.1 Å². The Bertz CT molecular complexity index is 536. The fraction of sp³-hybridized carbons (Fsp3) is 0.429. The van der Waals surface area contributed by atoms with Gasteiger partial charge in [-0.05, 0) is 24.6 Å². The second kappa shape index (κ2) is 7.64. The number of hydrogen-bond donors (Lipinski definition) is 1. The average molecular weight is 300 g/mol. The van der Waals surface area contributed by atoms with E-state index < -0.39 is 23.2 Å². The number of alkyl halides is 3. The van der Waals surface area contributed by atoms with Gasteiger partial charge in [-0.25, -0.2) is 0 Å². The smallest absolute Gasteiger partial charge is 0.381 e. The highest BCUT2D eigenvalue weighted by Crippen LogP contribution is 2.33. The van der Waals surface area contributed by atoms with Gasteiger partial charge in [0.25, 0.3) is 0 Å². The van der Waals surface area contributed by atoms with Crippen molar-refractivity contribution in [3.05, 3.63) is 29.3 Å². The molecule has 0 saturated heterocycles. The van der Waals surface area contributed by atoms with Gasteiger partial charge in [-0.15, -0.1) is 0 Å². The maximum Gasteiger partial charge on any atom is 0.417 e. The summed E-state index contributed by atoms with van der Waals surface area (Å²) in [7, 11) is 0. The standard InChI is InChI=1S/C14H15F3N2O2/c1-2-6-21-7-5-13(20)19-11-4-3-10(9-18)12(8-11)14(15,16)17/h3-4,8H,2,5-7H2,1H3,(H,19,20). The molecule has 0 unspecified atom stereocenters. The van der Waals surface area contributed by atoms with Crippen molar-refractivity contribution in [1.82, 2.24) is 0 Å². The van der Waals surface area contributed by atoms with E-state index in [1.807, 2.05) is 6.92 Å². The molecule has 0 radical (unpaired) electrons. The molecule has 0 atom stereocenters. The molecule has 4 nitrogen and oxygen atoms in total. The summed E-state index contributed by atoms with van der Waals surface area (Å²) >= 11 is 0. The van der Waals surface area contributed by atoms with Gasteiger partial charge in [0.05, 0.1) is 30.2 Å². The maximum absolute atomic E-state index is 12.8. The van der Waals surface area contributed by atoms with Crippen molar-refractivity contribution >= 4 is 11.6 Å². The predicted molar refractivity (Wildman–Crippen MR) is 70.5 cm³/mol. The summed E-state index contributed by atoms with van der Waals surface area (Å²) in [6, 6.07) is 4.53. The highest BCUT2D eigenvalue weighted by atomic mass is 19.4. The molecule has 114 valence electrons. The third kappa shape index (κ3) is 5.44. The zero-order valence-electron chi connectivity index (χ0n) is 11.5. The molecule has 1 amide bonds. The molecule has 0 saturated carbocycles. The van der Waals surface area contributed by atoms with Crippen LogP contribution in [0.15, 0.2) is 18.2 Å². The normalized spacial score (nSPS) is 11.0. The van der Waals surface area contributed by atoms with Crippen LogP contribution in [0.2, 0.25) is 0 Å². The number of rotatable bonds is 6. The van der Waals surface area contributed by atoms with E-state index in [9.17, 15) is 18.0 Å². The van der Waals surface area contributed by atoms with Gasteiger partial charge in [-0.2, -0.15) is 18.4 Å². The SMILES string of the molecule is CCCOCCC(=O)Nc1ccc(C#N)c(C(F)(F)F)c1. The number of hydrogen-bond acceptors (Lipinski definition) is 3. The van der Waals surface area contributed by atoms with Crippen LogP contribution in [0.25, 0.3) is 0 Å². The second-order valence-corrected chi connectivity index (χ2v) is 4.28. The van der Waals surface area contributed by atoms with E-state index >= 15 is 0 Å². The Labute approximate surface area is 120 Å². The number of ether oxygens (including phenoxy) is 1. The van der Waals surface area contributed by atoms with Crippen molar-refractivity contribution in [2.45, 2.75) is 25.9 Å². The summed E-state index contributed by atoms with van der Waals surface area (Å²) in [5.41, 5.74) is -1.54. The number of carbonyl (C=O) groups excluding carboxylic acids is 1. The van der Waals surface area contributed by atoms with Crippen molar-refractivity contribution < 1.29 is 22.7 Å². The maximum atomic E-state index is 12.8. The number of amides is 1. The van der Waals surface area contributed by atoms with Gasteiger partial charge in [0.2, 0.25) is 5.91 Å². The van der Waals surface area contributed by atoms with Crippen molar-refractivity contribution in [1.29, 1.82) is 5.26 Å². The highest BCUT2D eigenvalue weighted by molar-refractivity contribution is 5.91. The molecule has 21 heavy (non-hydrogen) atoms. The number of nitrogens with one attached hydrogen (secondary N) is 1. The Morgan fingerprint density at radius 2 is 2.10 bits per heavy atom. The summed E-state index contributed by atoms with van der Waals surface area (Å²) in [6.45, 7) is 2.67. The van der Waals surface area contributed by atoms with E-state index in [0.29, 0.717) is 6.61 Å². The molecule has 7 heteroatoms. The van der Waals surface area contributed by atoms with Crippen LogP contribution in [-0.2, 0) is 15.7 Å². The van der Waals surface area contributed by atoms with Crippen LogP contribution < -0.4 is 5.32 Å². The molecule has 1 N–H and O–H groups in total. The lowest BCUT2D eigenvalue weighted by atomic mass is 10.1. The Balaban J connectivity index is 2.72. The lowest BCUT2D eigenvalue weighted by molar-refractivity contribution is -0.137. The first kappa shape index (κ1) is 17.0. The minimum Gasteiger partial charge on any atom is -0.381 e. The van der Waals surface area contributed by atoms with Gasteiger partial charge in [0.15, 0.2) is 0 Å². The van der Waals surface area contributed by atoms with Gasteiger partial charge < -0.3 is 10.1 Å². The van der Waals surface area contributed by atoms with Crippen molar-refractivity contribution in [3.8, 4) is 6.07 Å². The quantitative estimate of drug-likeness (QED) is 0.820. The van der Waals surface area contributed by atoms with E-state index in [-0.39, 0.29) is 18.7 Å². The zero-order chi connectivity index (χ0) is 15.9. The first-order valence-corrected chi connectivity index (χ1v) is 6.37. The van der Waals surface area contributed by atoms with E-state index in [0.717, 1.165) is 18.6 Å². The van der Waals surface area contributed by atoms with Crippen molar-refractivity contribution in [2.75, 3.05) is 18.5 Å². The minimum absolute atomic E-state index is 0.00168. The Morgan fingerprint density at radius 3 is 2.67 bits per heavy atom. The van der Waals surface area contributed by atoms with Gasteiger partial charge in [0, 0.05) is 12.3 Å². The Hall–Kier alpha value is -2.07. The molecule has 1 rings (SSSR count). The first-order valence-electron chi connectivity index (χ1n) is 6.37. The van der Waals surface area contributed by atoms with Crippen LogP contribution in [0.5, 0.6) is 0 Å². The number of nitrogens with zero attached hydrogens (tertiary/aromatic N) is 1. The number of nitriles is 1. The van der Waals surface area contributed by atoms with Crippen molar-refractivity contribution in [3.63, 3.8) is 0 Å². The largest absolute Gasteiger partial charge is 0.417 e. The van der Waals surface area contributed by atoms with Crippen LogP contribution in [0.4, 0.5) is 18.9 Å². The van der Waals surface area contributed by atoms with Crippen LogP contribution in [0.3, 0.4) is 0 Å². The topological polar surface area (TPSA) is 62.1 Å². The number of anilines is 1. The fourth-order valence-electron chi connectivity index (χ4n) is 1.59. The molecule has 0 aliphatic rings. The summed E-state index contributed by atoms with van der Waals surface area (Å²) in [5, 5.41) is 11.0. The molecule has 1 aromatic carbocycles. The lowest BCUT2D eigenvalue weighted by Crippen LogP contribution is -2.15. The fourth-order valence-corrected chi connectivity index (χ4v) is 1.59. The average Bonchev–Trinajstić information content (AvgIpc) is 2.42. The monoisotopic (exact) mass is 300 g/mol. The van der Waals surface area contributed by atoms with Crippen molar-refractivity contribution in [2.24, 2.45) is 0 Å². The van der Waals surface area contributed by atoms with Gasteiger partial charge in [0.1, 0.15) is 0 Å². The number of halogens is 3. The second-order valence-electron chi connectivity index (χ2n) is 4.28. The van der Waals surface area contributed by atoms with Gasteiger partial charge in [-0.1, -0.05) is 6.92 Å². The summed E-state index contributed by atoms with van der Waals surface area (Å²) in [4.78, 5) is 11.6. The van der Waals surface area contributed by atoms with Gasteiger partial charge in [-0.3, -0.25) is 4.79 Å². The highest BCUT2D eigenvalue weighted by Gasteiger charge is 2.33. The first-order chi connectivity index (χ1) is 9.88. The number of carbonyl (C=O) groups is 1. The molecule has 1 aromatic rings. The van der Waals surface area contributed by atoms with E-state index in [1.54, 1.807) is 0 Å². The van der Waals surface area contributed by atoms with Crippen LogP contribution in [0.1, 0.15) is 30.9 Å². The molecular formula is C14H15F3N2O2. The Morgan fingerprint density at radius 1 is 1.38 bits per heavy atom. The van der Waals surface area contributed by atoms with Crippen LogP contribution >= 0.6 is 0 Å². The summed E-state index contributed by atoms with van der Waals surface area (Å²) < 4.78 is 43.4. The molecule has 0 aliphatic carbocycles.